The molecule has 3 nitrogen and oxygen atoms in total. The SMILES string of the molecule is Cc1ccc(O)cc1CCC1CC(=O)CC2(C)C(C(=O)CBr)CCC12. The molecule has 4 heteroatoms. The first-order valence-corrected chi connectivity index (χ1v) is 10.4. The molecule has 2 fully saturated rings. The number of carbonyl (C=O) groups is 2. The van der Waals surface area contributed by atoms with E-state index in [1.165, 1.54) is 5.56 Å². The Morgan fingerprint density at radius 1 is 1.36 bits per heavy atom. The van der Waals surface area contributed by atoms with Gasteiger partial charge in [-0.15, -0.1) is 0 Å². The van der Waals surface area contributed by atoms with Crippen LogP contribution < -0.4 is 0 Å². The maximum Gasteiger partial charge on any atom is 0.147 e. The summed E-state index contributed by atoms with van der Waals surface area (Å²) in [5.74, 6) is 1.69. The van der Waals surface area contributed by atoms with Gasteiger partial charge in [-0.25, -0.2) is 0 Å². The summed E-state index contributed by atoms with van der Waals surface area (Å²) in [7, 11) is 0. The number of alkyl halides is 1. The van der Waals surface area contributed by atoms with Crippen molar-refractivity contribution in [3.05, 3.63) is 29.3 Å². The molecule has 0 saturated heterocycles. The molecule has 25 heavy (non-hydrogen) atoms. The van der Waals surface area contributed by atoms with E-state index in [1.807, 2.05) is 12.1 Å². The summed E-state index contributed by atoms with van der Waals surface area (Å²) in [6, 6.07) is 5.50. The summed E-state index contributed by atoms with van der Waals surface area (Å²) in [6.07, 6.45) is 5.00. The van der Waals surface area contributed by atoms with Crippen molar-refractivity contribution in [2.75, 3.05) is 5.33 Å². The molecule has 2 saturated carbocycles. The number of hydrogen-bond donors (Lipinski definition) is 1. The predicted octanol–water partition coefficient (Wildman–Crippen LogP) is 4.61. The van der Waals surface area contributed by atoms with Crippen molar-refractivity contribution in [2.45, 2.75) is 52.4 Å². The number of rotatable bonds is 5. The summed E-state index contributed by atoms with van der Waals surface area (Å²) < 4.78 is 0. The third kappa shape index (κ3) is 3.55. The molecule has 136 valence electrons. The number of phenolic OH excluding ortho intramolecular Hbond substituents is 1. The number of fused-ring (bicyclic) bond motifs is 1. The Bertz CT molecular complexity index is 684. The first kappa shape index (κ1) is 18.6. The highest BCUT2D eigenvalue weighted by Crippen LogP contribution is 2.57. The normalized spacial score (nSPS) is 31.8. The number of hydrogen-bond acceptors (Lipinski definition) is 3. The summed E-state index contributed by atoms with van der Waals surface area (Å²) >= 11 is 3.31. The maximum absolute atomic E-state index is 12.4. The molecular weight excluding hydrogens is 380 g/mol. The van der Waals surface area contributed by atoms with Gasteiger partial charge in [0.15, 0.2) is 0 Å². The van der Waals surface area contributed by atoms with Gasteiger partial charge in [-0.1, -0.05) is 28.9 Å². The number of Topliss-reactive ketones (excluding diaryl/α,β-unsaturated/α-hetero) is 2. The molecule has 0 aliphatic heterocycles. The second-order valence-electron chi connectivity index (χ2n) is 8.17. The lowest BCUT2D eigenvalue weighted by Gasteiger charge is -2.44. The average molecular weight is 407 g/mol. The molecular formula is C21H27BrO3. The van der Waals surface area contributed by atoms with Crippen LogP contribution in [-0.2, 0) is 16.0 Å². The Labute approximate surface area is 158 Å². The highest BCUT2D eigenvalue weighted by Gasteiger charge is 2.54. The van der Waals surface area contributed by atoms with Crippen molar-refractivity contribution >= 4 is 27.5 Å². The number of benzene rings is 1. The van der Waals surface area contributed by atoms with E-state index in [-0.39, 0.29) is 17.1 Å². The van der Waals surface area contributed by atoms with E-state index in [0.29, 0.717) is 41.5 Å². The molecule has 1 N–H and O–H groups in total. The Hall–Kier alpha value is -1.16. The van der Waals surface area contributed by atoms with Gasteiger partial charge in [-0.2, -0.15) is 0 Å². The summed E-state index contributed by atoms with van der Waals surface area (Å²) in [4.78, 5) is 24.8. The summed E-state index contributed by atoms with van der Waals surface area (Å²) in [6.45, 7) is 4.23. The van der Waals surface area contributed by atoms with Gasteiger partial charge in [0, 0.05) is 18.8 Å². The lowest BCUT2D eigenvalue weighted by molar-refractivity contribution is -0.133. The smallest absolute Gasteiger partial charge is 0.147 e. The predicted molar refractivity (Wildman–Crippen MR) is 102 cm³/mol. The van der Waals surface area contributed by atoms with E-state index >= 15 is 0 Å². The second kappa shape index (κ2) is 7.22. The van der Waals surface area contributed by atoms with Gasteiger partial charge in [0.25, 0.3) is 0 Å². The third-order valence-electron chi connectivity index (χ3n) is 6.68. The van der Waals surface area contributed by atoms with Gasteiger partial charge in [0.1, 0.15) is 17.3 Å². The van der Waals surface area contributed by atoms with Gasteiger partial charge in [0.05, 0.1) is 5.33 Å². The lowest BCUT2D eigenvalue weighted by Crippen LogP contribution is -2.43. The largest absolute Gasteiger partial charge is 0.508 e. The number of aromatic hydroxyl groups is 1. The molecule has 1 aromatic rings. The highest BCUT2D eigenvalue weighted by molar-refractivity contribution is 9.09. The zero-order chi connectivity index (χ0) is 18.2. The molecule has 0 bridgehead atoms. The van der Waals surface area contributed by atoms with Crippen LogP contribution in [0.3, 0.4) is 0 Å². The Kier molecular flexibility index (Phi) is 5.38. The van der Waals surface area contributed by atoms with Crippen LogP contribution in [-0.4, -0.2) is 22.0 Å². The molecule has 4 unspecified atom stereocenters. The molecule has 4 atom stereocenters. The zero-order valence-corrected chi connectivity index (χ0v) is 16.6. The standard InChI is InChI=1S/C21H27BrO3/c1-13-3-6-16(23)9-14(13)4-5-15-10-17(24)11-21(2)18(15)7-8-19(21)20(25)12-22/h3,6,9,15,18-19,23H,4-5,7-8,10-12H2,1-2H3. The van der Waals surface area contributed by atoms with Crippen molar-refractivity contribution in [2.24, 2.45) is 23.2 Å². The van der Waals surface area contributed by atoms with Crippen molar-refractivity contribution < 1.29 is 14.7 Å². The fraction of sp³-hybridized carbons (Fsp3) is 0.619. The van der Waals surface area contributed by atoms with E-state index in [2.05, 4.69) is 29.8 Å². The quantitative estimate of drug-likeness (QED) is 0.726. The molecule has 2 aliphatic rings. The van der Waals surface area contributed by atoms with Gasteiger partial charge in [0.2, 0.25) is 0 Å². The lowest BCUT2D eigenvalue weighted by atomic mass is 9.59. The minimum atomic E-state index is -0.168. The number of ketones is 2. The zero-order valence-electron chi connectivity index (χ0n) is 15.1. The van der Waals surface area contributed by atoms with Crippen LogP contribution in [0.15, 0.2) is 18.2 Å². The number of halogens is 1. The molecule has 0 aromatic heterocycles. The van der Waals surface area contributed by atoms with E-state index in [4.69, 9.17) is 0 Å². The maximum atomic E-state index is 12.4. The van der Waals surface area contributed by atoms with Crippen LogP contribution in [0.1, 0.15) is 50.2 Å². The average Bonchev–Trinajstić information content (AvgIpc) is 2.91. The third-order valence-corrected chi connectivity index (χ3v) is 7.24. The van der Waals surface area contributed by atoms with Crippen LogP contribution in [0.2, 0.25) is 0 Å². The molecule has 3 rings (SSSR count). The monoisotopic (exact) mass is 406 g/mol. The molecule has 0 heterocycles. The number of phenols is 1. The Morgan fingerprint density at radius 3 is 2.84 bits per heavy atom. The first-order chi connectivity index (χ1) is 11.8. The molecule has 0 spiro atoms. The van der Waals surface area contributed by atoms with E-state index < -0.39 is 0 Å². The molecule has 1 aromatic carbocycles. The first-order valence-electron chi connectivity index (χ1n) is 9.24. The second-order valence-corrected chi connectivity index (χ2v) is 8.73. The van der Waals surface area contributed by atoms with Crippen LogP contribution in [0, 0.1) is 30.1 Å². The van der Waals surface area contributed by atoms with Gasteiger partial charge in [-0.3, -0.25) is 9.59 Å². The Balaban J connectivity index is 1.77. The summed E-state index contributed by atoms with van der Waals surface area (Å²) in [5.41, 5.74) is 2.17. The van der Waals surface area contributed by atoms with Gasteiger partial charge >= 0.3 is 0 Å². The fourth-order valence-electron chi connectivity index (χ4n) is 5.42. The van der Waals surface area contributed by atoms with Crippen LogP contribution in [0.5, 0.6) is 5.75 Å². The van der Waals surface area contributed by atoms with Crippen LogP contribution in [0.4, 0.5) is 0 Å². The van der Waals surface area contributed by atoms with Crippen molar-refractivity contribution in [3.8, 4) is 5.75 Å². The minimum absolute atomic E-state index is 0.0196. The fourth-order valence-corrected chi connectivity index (χ4v) is 5.81. The highest BCUT2D eigenvalue weighted by atomic mass is 79.9. The van der Waals surface area contributed by atoms with E-state index in [9.17, 15) is 14.7 Å². The topological polar surface area (TPSA) is 54.4 Å². The summed E-state index contributed by atoms with van der Waals surface area (Å²) in [5, 5.41) is 10.1. The van der Waals surface area contributed by atoms with E-state index in [1.54, 1.807) is 6.07 Å². The minimum Gasteiger partial charge on any atom is -0.508 e. The van der Waals surface area contributed by atoms with Crippen molar-refractivity contribution in [1.82, 2.24) is 0 Å². The van der Waals surface area contributed by atoms with Crippen LogP contribution >= 0.6 is 15.9 Å². The van der Waals surface area contributed by atoms with Crippen molar-refractivity contribution in [1.29, 1.82) is 0 Å². The Morgan fingerprint density at radius 2 is 2.12 bits per heavy atom. The molecule has 2 aliphatic carbocycles. The number of aryl methyl sites for hydroxylation is 2. The van der Waals surface area contributed by atoms with Gasteiger partial charge < -0.3 is 5.11 Å². The van der Waals surface area contributed by atoms with E-state index in [0.717, 1.165) is 31.2 Å². The van der Waals surface area contributed by atoms with Crippen LogP contribution in [0.25, 0.3) is 0 Å². The number of carbonyl (C=O) groups excluding carboxylic acids is 2. The molecule has 0 amide bonds. The van der Waals surface area contributed by atoms with Gasteiger partial charge in [-0.05, 0) is 73.1 Å². The molecule has 0 radical (unpaired) electrons. The van der Waals surface area contributed by atoms with Crippen molar-refractivity contribution in [3.63, 3.8) is 0 Å².